The van der Waals surface area contributed by atoms with Crippen LogP contribution in [0.15, 0.2) is 24.3 Å². The van der Waals surface area contributed by atoms with Crippen LogP contribution in [0.5, 0.6) is 0 Å². The maximum absolute atomic E-state index is 8.49. The number of nitrogens with zero attached hydrogens (tertiary/aromatic N) is 3. The summed E-state index contributed by atoms with van der Waals surface area (Å²) in [5.41, 5.74) is 2.36. The number of nitriles is 1. The lowest BCUT2D eigenvalue weighted by atomic mass is 10.3. The highest BCUT2D eigenvalue weighted by Crippen LogP contribution is 2.15. The van der Waals surface area contributed by atoms with E-state index in [9.17, 15) is 0 Å². The molecule has 1 heterocycles. The quantitative estimate of drug-likeness (QED) is 0.542. The van der Waals surface area contributed by atoms with E-state index in [2.05, 4.69) is 15.3 Å². The summed E-state index contributed by atoms with van der Waals surface area (Å²) in [6, 6.07) is 7.56. The maximum atomic E-state index is 8.49. The SMILES string of the molecule is Cc1nc2ccccc2nc1NC#N. The highest BCUT2D eigenvalue weighted by atomic mass is 15.0. The fourth-order valence-corrected chi connectivity index (χ4v) is 1.26. The molecule has 14 heavy (non-hydrogen) atoms. The normalized spacial score (nSPS) is 9.71. The number of hydrogen-bond acceptors (Lipinski definition) is 4. The number of fused-ring (bicyclic) bond motifs is 1. The number of aromatic nitrogens is 2. The summed E-state index contributed by atoms with van der Waals surface area (Å²) in [7, 11) is 0. The molecular weight excluding hydrogens is 176 g/mol. The predicted molar refractivity (Wildman–Crippen MR) is 53.5 cm³/mol. The van der Waals surface area contributed by atoms with Crippen LogP contribution in [0.4, 0.5) is 5.82 Å². The molecular formula is C10H8N4. The predicted octanol–water partition coefficient (Wildman–Crippen LogP) is 1.83. The Morgan fingerprint density at radius 3 is 2.50 bits per heavy atom. The van der Waals surface area contributed by atoms with Gasteiger partial charge in [-0.25, -0.2) is 9.97 Å². The number of anilines is 1. The topological polar surface area (TPSA) is 61.6 Å². The minimum absolute atomic E-state index is 0.520. The summed E-state index contributed by atoms with van der Waals surface area (Å²) in [5, 5.41) is 11.0. The van der Waals surface area contributed by atoms with Gasteiger partial charge in [-0.1, -0.05) is 12.1 Å². The fraction of sp³-hybridized carbons (Fsp3) is 0.100. The molecule has 0 saturated heterocycles. The minimum atomic E-state index is 0.520. The van der Waals surface area contributed by atoms with E-state index in [1.165, 1.54) is 0 Å². The van der Waals surface area contributed by atoms with Gasteiger partial charge in [0.15, 0.2) is 12.0 Å². The van der Waals surface area contributed by atoms with Crippen molar-refractivity contribution in [3.05, 3.63) is 30.0 Å². The first kappa shape index (κ1) is 8.45. The molecule has 0 aliphatic carbocycles. The Kier molecular flexibility index (Phi) is 1.99. The van der Waals surface area contributed by atoms with Crippen LogP contribution < -0.4 is 5.32 Å². The summed E-state index contributed by atoms with van der Waals surface area (Å²) in [5.74, 6) is 0.520. The van der Waals surface area contributed by atoms with Crippen molar-refractivity contribution in [1.29, 1.82) is 5.26 Å². The molecule has 0 unspecified atom stereocenters. The standard InChI is InChI=1S/C10H8N4/c1-7-10(12-6-11)14-9-5-3-2-4-8(9)13-7/h2-5H,1H3,(H,12,14). The molecule has 0 aliphatic rings. The van der Waals surface area contributed by atoms with Crippen LogP contribution in [-0.2, 0) is 0 Å². The lowest BCUT2D eigenvalue weighted by Gasteiger charge is -2.02. The molecule has 0 aliphatic heterocycles. The molecule has 0 bridgehead atoms. The third-order valence-electron chi connectivity index (χ3n) is 1.92. The Morgan fingerprint density at radius 1 is 1.21 bits per heavy atom. The third kappa shape index (κ3) is 1.36. The van der Waals surface area contributed by atoms with Gasteiger partial charge in [-0.2, -0.15) is 5.26 Å². The molecule has 0 amide bonds. The average Bonchev–Trinajstić information content (AvgIpc) is 2.19. The highest BCUT2D eigenvalue weighted by Gasteiger charge is 2.02. The van der Waals surface area contributed by atoms with Gasteiger partial charge in [-0.15, -0.1) is 0 Å². The summed E-state index contributed by atoms with van der Waals surface area (Å²) >= 11 is 0. The Morgan fingerprint density at radius 2 is 1.86 bits per heavy atom. The number of benzene rings is 1. The summed E-state index contributed by atoms with van der Waals surface area (Å²) in [6.07, 6.45) is 1.84. The van der Waals surface area contributed by atoms with Crippen molar-refractivity contribution >= 4 is 16.9 Å². The zero-order valence-corrected chi connectivity index (χ0v) is 7.65. The summed E-state index contributed by atoms with van der Waals surface area (Å²) < 4.78 is 0. The van der Waals surface area contributed by atoms with E-state index in [0.717, 1.165) is 16.7 Å². The number of nitrogens with one attached hydrogen (secondary N) is 1. The van der Waals surface area contributed by atoms with Gasteiger partial charge in [-0.05, 0) is 19.1 Å². The first-order valence-electron chi connectivity index (χ1n) is 4.20. The maximum Gasteiger partial charge on any atom is 0.182 e. The Bertz CT molecular complexity index is 513. The van der Waals surface area contributed by atoms with E-state index in [1.54, 1.807) is 0 Å². The summed E-state index contributed by atoms with van der Waals surface area (Å²) in [6.45, 7) is 1.82. The van der Waals surface area contributed by atoms with Crippen molar-refractivity contribution in [1.82, 2.24) is 9.97 Å². The van der Waals surface area contributed by atoms with E-state index < -0.39 is 0 Å². The number of aryl methyl sites for hydroxylation is 1. The van der Waals surface area contributed by atoms with Gasteiger partial charge in [0.05, 0.1) is 16.7 Å². The van der Waals surface area contributed by atoms with Crippen LogP contribution >= 0.6 is 0 Å². The van der Waals surface area contributed by atoms with Crippen molar-refractivity contribution in [2.24, 2.45) is 0 Å². The smallest absolute Gasteiger partial charge is 0.182 e. The zero-order valence-electron chi connectivity index (χ0n) is 7.65. The Hall–Kier alpha value is -2.15. The number of para-hydroxylation sites is 2. The van der Waals surface area contributed by atoms with Crippen LogP contribution in [0.3, 0.4) is 0 Å². The second-order valence-electron chi connectivity index (χ2n) is 2.88. The average molecular weight is 184 g/mol. The number of rotatable bonds is 1. The van der Waals surface area contributed by atoms with Gasteiger partial charge < -0.3 is 0 Å². The van der Waals surface area contributed by atoms with Gasteiger partial charge in [-0.3, -0.25) is 5.32 Å². The lowest BCUT2D eigenvalue weighted by Crippen LogP contribution is -1.98. The highest BCUT2D eigenvalue weighted by molar-refractivity contribution is 5.76. The van der Waals surface area contributed by atoms with Gasteiger partial charge >= 0.3 is 0 Å². The van der Waals surface area contributed by atoms with Crippen LogP contribution in [0.1, 0.15) is 5.69 Å². The van der Waals surface area contributed by atoms with E-state index in [4.69, 9.17) is 5.26 Å². The minimum Gasteiger partial charge on any atom is -0.275 e. The van der Waals surface area contributed by atoms with Crippen molar-refractivity contribution in [2.75, 3.05) is 5.32 Å². The van der Waals surface area contributed by atoms with E-state index >= 15 is 0 Å². The Balaban J connectivity index is 2.66. The lowest BCUT2D eigenvalue weighted by molar-refractivity contribution is 1.18. The molecule has 0 atom stereocenters. The van der Waals surface area contributed by atoms with E-state index in [0.29, 0.717) is 5.82 Å². The molecule has 4 heteroatoms. The molecule has 0 spiro atoms. The molecule has 0 radical (unpaired) electrons. The summed E-state index contributed by atoms with van der Waals surface area (Å²) in [4.78, 5) is 8.59. The zero-order chi connectivity index (χ0) is 9.97. The van der Waals surface area contributed by atoms with E-state index in [1.807, 2.05) is 37.4 Å². The Labute approximate surface area is 81.2 Å². The van der Waals surface area contributed by atoms with Gasteiger partial charge in [0, 0.05) is 0 Å². The molecule has 4 nitrogen and oxygen atoms in total. The van der Waals surface area contributed by atoms with Crippen molar-refractivity contribution < 1.29 is 0 Å². The first-order valence-corrected chi connectivity index (χ1v) is 4.20. The van der Waals surface area contributed by atoms with Crippen molar-refractivity contribution in [3.63, 3.8) is 0 Å². The molecule has 0 saturated carbocycles. The van der Waals surface area contributed by atoms with Gasteiger partial charge in [0.1, 0.15) is 0 Å². The monoisotopic (exact) mass is 184 g/mol. The fourth-order valence-electron chi connectivity index (χ4n) is 1.26. The molecule has 1 aromatic carbocycles. The van der Waals surface area contributed by atoms with Crippen LogP contribution in [0.25, 0.3) is 11.0 Å². The first-order chi connectivity index (χ1) is 6.81. The third-order valence-corrected chi connectivity index (χ3v) is 1.92. The van der Waals surface area contributed by atoms with Crippen molar-refractivity contribution in [3.8, 4) is 6.19 Å². The number of hydrogen-bond donors (Lipinski definition) is 1. The van der Waals surface area contributed by atoms with E-state index in [-0.39, 0.29) is 0 Å². The molecule has 1 N–H and O–H groups in total. The van der Waals surface area contributed by atoms with Crippen LogP contribution in [0, 0.1) is 18.4 Å². The molecule has 0 fully saturated rings. The van der Waals surface area contributed by atoms with Crippen molar-refractivity contribution in [2.45, 2.75) is 6.92 Å². The van der Waals surface area contributed by atoms with Crippen LogP contribution in [0.2, 0.25) is 0 Å². The van der Waals surface area contributed by atoms with Gasteiger partial charge in [0.2, 0.25) is 0 Å². The molecule has 2 aromatic rings. The molecule has 2 rings (SSSR count). The molecule has 68 valence electrons. The second-order valence-corrected chi connectivity index (χ2v) is 2.88. The second kappa shape index (κ2) is 3.30. The largest absolute Gasteiger partial charge is 0.275 e. The van der Waals surface area contributed by atoms with Gasteiger partial charge in [0.25, 0.3) is 0 Å². The molecule has 1 aromatic heterocycles. The van der Waals surface area contributed by atoms with Crippen LogP contribution in [-0.4, -0.2) is 9.97 Å².